The topological polar surface area (TPSA) is 25.8 Å². The molecule has 0 aliphatic heterocycles. The Balaban J connectivity index is 2.57. The van der Waals surface area contributed by atoms with Crippen LogP contribution in [-0.4, -0.2) is 9.97 Å². The summed E-state index contributed by atoms with van der Waals surface area (Å²) >= 11 is 3.70. The van der Waals surface area contributed by atoms with Gasteiger partial charge in [-0.1, -0.05) is 22.7 Å². The van der Waals surface area contributed by atoms with E-state index in [1.165, 1.54) is 0 Å². The molecule has 2 aromatic rings. The minimum absolute atomic E-state index is 0.363. The highest BCUT2D eigenvalue weighted by Crippen LogP contribution is 2.36. The van der Waals surface area contributed by atoms with Crippen LogP contribution in [0.3, 0.4) is 0 Å². The van der Waals surface area contributed by atoms with E-state index in [9.17, 15) is 13.2 Å². The summed E-state index contributed by atoms with van der Waals surface area (Å²) < 4.78 is 37.1. The van der Waals surface area contributed by atoms with Crippen LogP contribution >= 0.6 is 45.3 Å². The molecule has 70 valence electrons. The quantitative estimate of drug-likeness (QED) is 0.690. The molecular formula is C5F3IN2S2. The zero-order valence-corrected chi connectivity index (χ0v) is 9.51. The van der Waals surface area contributed by atoms with Crippen LogP contribution in [0.15, 0.2) is 0 Å². The Labute approximate surface area is 92.0 Å². The third-order valence-electron chi connectivity index (χ3n) is 1.19. The van der Waals surface area contributed by atoms with Crippen molar-refractivity contribution in [1.82, 2.24) is 9.97 Å². The number of aromatic nitrogens is 2. The highest BCUT2D eigenvalue weighted by Gasteiger charge is 2.35. The van der Waals surface area contributed by atoms with E-state index in [1.54, 1.807) is 0 Å². The Bertz CT molecular complexity index is 414. The number of rotatable bonds is 0. The van der Waals surface area contributed by atoms with Gasteiger partial charge in [0.25, 0.3) is 0 Å². The number of hydrogen-bond donors (Lipinski definition) is 0. The number of fused-ring (bicyclic) bond motifs is 1. The number of alkyl halides is 3. The van der Waals surface area contributed by atoms with E-state index in [1.807, 2.05) is 22.6 Å². The Morgan fingerprint density at radius 3 is 2.23 bits per heavy atom. The molecule has 0 saturated carbocycles. The first kappa shape index (κ1) is 9.59. The second kappa shape index (κ2) is 3.02. The summed E-state index contributed by atoms with van der Waals surface area (Å²) in [7, 11) is 0. The van der Waals surface area contributed by atoms with Crippen molar-refractivity contribution in [3.8, 4) is 0 Å². The van der Waals surface area contributed by atoms with Crippen molar-refractivity contribution in [1.29, 1.82) is 0 Å². The Hall–Kier alpha value is 0.0400. The fourth-order valence-corrected chi connectivity index (χ4v) is 3.41. The second-order valence-corrected chi connectivity index (χ2v) is 5.80. The molecule has 8 heteroatoms. The van der Waals surface area contributed by atoms with Crippen LogP contribution in [0, 0.1) is 3.01 Å². The van der Waals surface area contributed by atoms with Gasteiger partial charge in [-0.15, -0.1) is 0 Å². The van der Waals surface area contributed by atoms with Crippen molar-refractivity contribution in [3.05, 3.63) is 8.02 Å². The molecule has 0 aliphatic carbocycles. The van der Waals surface area contributed by atoms with Crippen LogP contribution in [0.2, 0.25) is 0 Å². The van der Waals surface area contributed by atoms with Crippen LogP contribution in [0.5, 0.6) is 0 Å². The SMILES string of the molecule is FC(F)(F)c1nc2sc(I)nc2s1. The summed E-state index contributed by atoms with van der Waals surface area (Å²) in [5.74, 6) is 0. The summed E-state index contributed by atoms with van der Waals surface area (Å²) in [5.41, 5.74) is 0. The van der Waals surface area contributed by atoms with Crippen LogP contribution in [0.4, 0.5) is 13.2 Å². The molecule has 0 atom stereocenters. The number of thiazole rings is 2. The Morgan fingerprint density at radius 1 is 1.08 bits per heavy atom. The summed E-state index contributed by atoms with van der Waals surface area (Å²) in [6, 6.07) is 0. The molecule has 13 heavy (non-hydrogen) atoms. The van der Waals surface area contributed by atoms with E-state index >= 15 is 0 Å². The first-order valence-electron chi connectivity index (χ1n) is 2.97. The highest BCUT2D eigenvalue weighted by atomic mass is 127. The maximum atomic E-state index is 12.1. The van der Waals surface area contributed by atoms with E-state index < -0.39 is 11.2 Å². The average Bonchev–Trinajstić information content (AvgIpc) is 2.40. The second-order valence-electron chi connectivity index (χ2n) is 2.09. The molecule has 0 N–H and O–H groups in total. The van der Waals surface area contributed by atoms with E-state index in [0.717, 1.165) is 11.3 Å². The molecule has 0 aliphatic rings. The first-order chi connectivity index (χ1) is 5.97. The van der Waals surface area contributed by atoms with Gasteiger partial charge in [0.05, 0.1) is 0 Å². The molecule has 0 amide bonds. The maximum absolute atomic E-state index is 12.1. The van der Waals surface area contributed by atoms with Crippen LogP contribution in [-0.2, 0) is 6.18 Å². The van der Waals surface area contributed by atoms with Gasteiger partial charge in [-0.3, -0.25) is 0 Å². The molecule has 0 fully saturated rings. The monoisotopic (exact) mass is 336 g/mol. The Morgan fingerprint density at radius 2 is 1.69 bits per heavy atom. The normalized spacial score (nSPS) is 12.6. The van der Waals surface area contributed by atoms with Crippen molar-refractivity contribution in [2.24, 2.45) is 0 Å². The molecular weight excluding hydrogens is 336 g/mol. The lowest BCUT2D eigenvalue weighted by Crippen LogP contribution is -2.03. The van der Waals surface area contributed by atoms with Crippen LogP contribution < -0.4 is 0 Å². The lowest BCUT2D eigenvalue weighted by molar-refractivity contribution is -0.137. The summed E-state index contributed by atoms with van der Waals surface area (Å²) in [6.45, 7) is 0. The summed E-state index contributed by atoms with van der Waals surface area (Å²) in [4.78, 5) is 8.08. The molecule has 0 unspecified atom stereocenters. The van der Waals surface area contributed by atoms with E-state index in [-0.39, 0.29) is 0 Å². The van der Waals surface area contributed by atoms with Gasteiger partial charge in [0.15, 0.2) is 12.7 Å². The van der Waals surface area contributed by atoms with Gasteiger partial charge in [0.1, 0.15) is 0 Å². The molecule has 2 rings (SSSR count). The van der Waals surface area contributed by atoms with Crippen molar-refractivity contribution in [3.63, 3.8) is 0 Å². The van der Waals surface area contributed by atoms with Gasteiger partial charge in [-0.05, 0) is 22.6 Å². The fourth-order valence-electron chi connectivity index (χ4n) is 0.739. The fraction of sp³-hybridized carbons (Fsp3) is 0.200. The van der Waals surface area contributed by atoms with Gasteiger partial charge in [-0.25, -0.2) is 9.97 Å². The van der Waals surface area contributed by atoms with E-state index in [4.69, 9.17) is 0 Å². The van der Waals surface area contributed by atoms with Crippen molar-refractivity contribution in [2.45, 2.75) is 6.18 Å². The largest absolute Gasteiger partial charge is 0.443 e. The number of nitrogens with zero attached hydrogens (tertiary/aromatic N) is 2. The van der Waals surface area contributed by atoms with Crippen LogP contribution in [0.25, 0.3) is 9.66 Å². The molecule has 2 aromatic heterocycles. The average molecular weight is 336 g/mol. The summed E-state index contributed by atoms with van der Waals surface area (Å²) in [6.07, 6.45) is -4.35. The lowest BCUT2D eigenvalue weighted by atomic mass is 10.7. The first-order valence-corrected chi connectivity index (χ1v) is 5.68. The van der Waals surface area contributed by atoms with Crippen molar-refractivity contribution < 1.29 is 13.2 Å². The third-order valence-corrected chi connectivity index (χ3v) is 3.96. The summed E-state index contributed by atoms with van der Waals surface area (Å²) in [5, 5.41) is -0.822. The molecule has 0 radical (unpaired) electrons. The van der Waals surface area contributed by atoms with Gasteiger partial charge >= 0.3 is 6.18 Å². The molecule has 2 heterocycles. The standard InChI is InChI=1S/C5F3IN2S2/c6-5(7,8)3-10-1-2(12-3)11-4(9)13-1. The zero-order valence-electron chi connectivity index (χ0n) is 5.72. The Kier molecular flexibility index (Phi) is 2.23. The predicted molar refractivity (Wildman–Crippen MR) is 53.0 cm³/mol. The highest BCUT2D eigenvalue weighted by molar-refractivity contribution is 14.1. The van der Waals surface area contributed by atoms with Gasteiger partial charge in [-0.2, -0.15) is 13.2 Å². The zero-order chi connectivity index (χ0) is 9.64. The number of halogens is 4. The maximum Gasteiger partial charge on any atom is 0.443 e. The van der Waals surface area contributed by atoms with E-state index in [2.05, 4.69) is 9.97 Å². The molecule has 0 saturated heterocycles. The van der Waals surface area contributed by atoms with Crippen molar-refractivity contribution >= 4 is 54.9 Å². The van der Waals surface area contributed by atoms with Crippen LogP contribution in [0.1, 0.15) is 5.01 Å². The van der Waals surface area contributed by atoms with E-state index in [0.29, 0.717) is 24.0 Å². The molecule has 0 spiro atoms. The smallest absolute Gasteiger partial charge is 0.219 e. The number of hydrogen-bond acceptors (Lipinski definition) is 4. The minimum atomic E-state index is -4.35. The van der Waals surface area contributed by atoms with Gasteiger partial charge < -0.3 is 0 Å². The molecule has 0 aromatic carbocycles. The molecule has 2 nitrogen and oxygen atoms in total. The lowest BCUT2D eigenvalue weighted by Gasteiger charge is -1.98. The van der Waals surface area contributed by atoms with Crippen molar-refractivity contribution in [2.75, 3.05) is 0 Å². The third kappa shape index (κ3) is 1.79. The van der Waals surface area contributed by atoms with Gasteiger partial charge in [0, 0.05) is 0 Å². The molecule has 0 bridgehead atoms. The predicted octanol–water partition coefficient (Wildman–Crippen LogP) is 3.38. The minimum Gasteiger partial charge on any atom is -0.219 e. The van der Waals surface area contributed by atoms with Gasteiger partial charge in [0.2, 0.25) is 5.01 Å².